The molecule has 0 saturated heterocycles. The van der Waals surface area contributed by atoms with E-state index < -0.39 is 16.6 Å². The van der Waals surface area contributed by atoms with Gasteiger partial charge in [-0.05, 0) is 55.8 Å². The van der Waals surface area contributed by atoms with Crippen molar-refractivity contribution in [2.45, 2.75) is 97.6 Å². The van der Waals surface area contributed by atoms with Crippen molar-refractivity contribution < 1.29 is 18.4 Å². The number of hydrogen-bond donors (Lipinski definition) is 0. The predicted molar refractivity (Wildman–Crippen MR) is 140 cm³/mol. The van der Waals surface area contributed by atoms with Crippen LogP contribution in [0.15, 0.2) is 42.0 Å². The summed E-state index contributed by atoms with van der Waals surface area (Å²) in [7, 11) is -3.63. The molecule has 0 aliphatic rings. The maximum absolute atomic E-state index is 11.6. The molecule has 1 aromatic rings. The first-order valence-electron chi connectivity index (χ1n) is 11.8. The highest BCUT2D eigenvalue weighted by Crippen LogP contribution is 2.36. The van der Waals surface area contributed by atoms with Crippen LogP contribution in [0.1, 0.15) is 46.6 Å². The van der Waals surface area contributed by atoms with Gasteiger partial charge in [0, 0.05) is 12.3 Å². The molecule has 6 heteroatoms. The van der Waals surface area contributed by atoms with Gasteiger partial charge in [-0.2, -0.15) is 0 Å². The van der Waals surface area contributed by atoms with Gasteiger partial charge in [-0.15, -0.1) is 0 Å². The Hall–Kier alpha value is -1.06. The van der Waals surface area contributed by atoms with Crippen molar-refractivity contribution in [2.75, 3.05) is 6.61 Å². The third-order valence-corrected chi connectivity index (χ3v) is 11.7. The fourth-order valence-electron chi connectivity index (χ4n) is 3.01. The molecule has 0 N–H and O–H groups in total. The largest absolute Gasteiger partial charge is 0.414 e. The molecule has 0 heterocycles. The highest BCUT2D eigenvalue weighted by Gasteiger charge is 2.37. The van der Waals surface area contributed by atoms with Gasteiger partial charge in [0.25, 0.3) is 0 Å². The second-order valence-corrected chi connectivity index (χ2v) is 20.6. The quantitative estimate of drug-likeness (QED) is 0.174. The first kappa shape index (κ1) is 29.0. The summed E-state index contributed by atoms with van der Waals surface area (Å²) in [6, 6.07) is 10.2. The molecule has 1 aromatic carbocycles. The van der Waals surface area contributed by atoms with Crippen molar-refractivity contribution >= 4 is 22.9 Å². The lowest BCUT2D eigenvalue weighted by Crippen LogP contribution is -2.41. The zero-order valence-corrected chi connectivity index (χ0v) is 24.0. The number of benzene rings is 1. The number of ether oxygens (including phenoxy) is 1. The monoisotopic (exact) mass is 478 g/mol. The lowest BCUT2D eigenvalue weighted by molar-refractivity contribution is -0.113. The Morgan fingerprint density at radius 3 is 2.16 bits per heavy atom. The summed E-state index contributed by atoms with van der Waals surface area (Å²) in [4.78, 5) is 11.6. The van der Waals surface area contributed by atoms with Crippen molar-refractivity contribution in [3.05, 3.63) is 47.5 Å². The highest BCUT2D eigenvalue weighted by atomic mass is 28.4. The average molecular weight is 479 g/mol. The van der Waals surface area contributed by atoms with Gasteiger partial charge in [0.15, 0.2) is 16.6 Å². The van der Waals surface area contributed by atoms with E-state index in [-0.39, 0.29) is 23.2 Å². The maximum Gasteiger partial charge on any atom is 0.192 e. The van der Waals surface area contributed by atoms with E-state index in [4.69, 9.17) is 13.6 Å². The SMILES string of the molecule is C/C(=C\CO[Si](C)(C)C(C)(C)C)[C@H](C[C@@H](O[Si](C)(C)C)[C@H](C)C=O)OCc1ccccc1. The zero-order chi connectivity index (χ0) is 24.6. The van der Waals surface area contributed by atoms with Gasteiger partial charge in [0.05, 0.1) is 25.4 Å². The molecule has 0 unspecified atom stereocenters. The number of rotatable bonds is 13. The molecule has 4 nitrogen and oxygen atoms in total. The van der Waals surface area contributed by atoms with Crippen LogP contribution in [-0.2, 0) is 25.0 Å². The van der Waals surface area contributed by atoms with Crippen LogP contribution >= 0.6 is 0 Å². The first-order chi connectivity index (χ1) is 14.7. The maximum atomic E-state index is 11.6. The van der Waals surface area contributed by atoms with Gasteiger partial charge in [-0.25, -0.2) is 0 Å². The Morgan fingerprint density at radius 1 is 1.06 bits per heavy atom. The average Bonchev–Trinajstić information content (AvgIpc) is 2.68. The molecule has 0 amide bonds. The Kier molecular flexibility index (Phi) is 11.2. The number of carbonyl (C=O) groups is 1. The van der Waals surface area contributed by atoms with Gasteiger partial charge >= 0.3 is 0 Å². The van der Waals surface area contributed by atoms with E-state index in [1.54, 1.807) is 0 Å². The van der Waals surface area contributed by atoms with E-state index in [0.29, 0.717) is 19.6 Å². The molecule has 0 fully saturated rings. The van der Waals surface area contributed by atoms with E-state index in [0.717, 1.165) is 17.4 Å². The molecule has 32 heavy (non-hydrogen) atoms. The molecule has 0 aliphatic heterocycles. The molecule has 3 atom stereocenters. The van der Waals surface area contributed by atoms with Crippen LogP contribution in [0.3, 0.4) is 0 Å². The fraction of sp³-hybridized carbons (Fsp3) is 0.654. The number of carbonyl (C=O) groups excluding carboxylic acids is 1. The molecule has 1 rings (SSSR count). The van der Waals surface area contributed by atoms with Crippen LogP contribution in [0.2, 0.25) is 37.8 Å². The van der Waals surface area contributed by atoms with Crippen LogP contribution in [0.4, 0.5) is 0 Å². The van der Waals surface area contributed by atoms with E-state index in [9.17, 15) is 4.79 Å². The van der Waals surface area contributed by atoms with Crippen molar-refractivity contribution in [1.82, 2.24) is 0 Å². The second kappa shape index (κ2) is 12.4. The molecule has 0 bridgehead atoms. The van der Waals surface area contributed by atoms with Gasteiger partial charge in [-0.1, -0.05) is 64.1 Å². The lowest BCUT2D eigenvalue weighted by Gasteiger charge is -2.36. The molecule has 0 saturated carbocycles. The predicted octanol–water partition coefficient (Wildman–Crippen LogP) is 6.99. The molecule has 0 spiro atoms. The van der Waals surface area contributed by atoms with Crippen molar-refractivity contribution in [3.63, 3.8) is 0 Å². The Morgan fingerprint density at radius 2 is 1.66 bits per heavy atom. The molecule has 0 radical (unpaired) electrons. The summed E-state index contributed by atoms with van der Waals surface area (Å²) in [5, 5.41) is 0.174. The minimum absolute atomic E-state index is 0.137. The smallest absolute Gasteiger partial charge is 0.192 e. The summed E-state index contributed by atoms with van der Waals surface area (Å²) in [6.07, 6.45) is 3.50. The standard InChI is InChI=1S/C26H46O4Si2/c1-21(16-17-29-32(9,10)26(3,4)5)24(28-20-23-14-12-11-13-15-23)18-25(22(2)19-27)30-31(6,7)8/h11-16,19,22,24-25H,17-18,20H2,1-10H3/b21-16+/t22-,24+,25-/m1/s1. The summed E-state index contributed by atoms with van der Waals surface area (Å²) in [6.45, 7) is 22.9. The van der Waals surface area contributed by atoms with Crippen LogP contribution in [0.5, 0.6) is 0 Å². The Balaban J connectivity index is 3.02. The third-order valence-electron chi connectivity index (χ3n) is 6.21. The van der Waals surface area contributed by atoms with Crippen molar-refractivity contribution in [2.24, 2.45) is 5.92 Å². The lowest BCUT2D eigenvalue weighted by atomic mass is 9.97. The zero-order valence-electron chi connectivity index (χ0n) is 22.0. The third kappa shape index (κ3) is 10.3. The van der Waals surface area contributed by atoms with Gasteiger partial charge in [0.2, 0.25) is 0 Å². The summed E-state index contributed by atoms with van der Waals surface area (Å²) < 4.78 is 19.1. The van der Waals surface area contributed by atoms with E-state index in [1.807, 2.05) is 25.1 Å². The van der Waals surface area contributed by atoms with Crippen LogP contribution in [-0.4, -0.2) is 41.7 Å². The Bertz CT molecular complexity index is 718. The molecule has 0 aromatic heterocycles. The minimum Gasteiger partial charge on any atom is -0.414 e. The van der Waals surface area contributed by atoms with E-state index in [2.05, 4.69) is 78.6 Å². The van der Waals surface area contributed by atoms with Crippen LogP contribution in [0.25, 0.3) is 0 Å². The van der Waals surface area contributed by atoms with Gasteiger partial charge in [-0.3, -0.25) is 0 Å². The molecule has 182 valence electrons. The molecule has 0 aliphatic carbocycles. The van der Waals surface area contributed by atoms with Crippen molar-refractivity contribution in [1.29, 1.82) is 0 Å². The summed E-state index contributed by atoms with van der Waals surface area (Å²) >= 11 is 0. The van der Waals surface area contributed by atoms with E-state index in [1.165, 1.54) is 0 Å². The van der Waals surface area contributed by atoms with Crippen molar-refractivity contribution in [3.8, 4) is 0 Å². The minimum atomic E-state index is -1.82. The normalized spacial score (nSPS) is 16.5. The second-order valence-electron chi connectivity index (χ2n) is 11.3. The Labute approximate surface area is 199 Å². The molecular formula is C26H46O4Si2. The van der Waals surface area contributed by atoms with Crippen LogP contribution in [0, 0.1) is 5.92 Å². The topological polar surface area (TPSA) is 44.8 Å². The van der Waals surface area contributed by atoms with Gasteiger partial charge in [0.1, 0.15) is 6.29 Å². The summed E-state index contributed by atoms with van der Waals surface area (Å²) in [5.41, 5.74) is 2.26. The fourth-order valence-corrected chi connectivity index (χ4v) is 5.16. The highest BCUT2D eigenvalue weighted by molar-refractivity contribution is 6.74. The summed E-state index contributed by atoms with van der Waals surface area (Å²) in [5.74, 6) is -0.180. The van der Waals surface area contributed by atoms with E-state index >= 15 is 0 Å². The first-order valence-corrected chi connectivity index (χ1v) is 18.1. The number of hydrogen-bond acceptors (Lipinski definition) is 4. The number of aldehydes is 1. The van der Waals surface area contributed by atoms with Gasteiger partial charge < -0.3 is 18.4 Å². The molecular weight excluding hydrogens is 432 g/mol. The van der Waals surface area contributed by atoms with Crippen LogP contribution < -0.4 is 0 Å².